The number of anilines is 1. The molecule has 8 nitrogen and oxygen atoms in total. The molecule has 4 aromatic rings. The van der Waals surface area contributed by atoms with Gasteiger partial charge in [0.2, 0.25) is 5.55 Å². The van der Waals surface area contributed by atoms with E-state index in [0.29, 0.717) is 28.1 Å². The van der Waals surface area contributed by atoms with E-state index in [1.807, 2.05) is 31.2 Å². The van der Waals surface area contributed by atoms with Gasteiger partial charge in [0.05, 0.1) is 17.7 Å². The van der Waals surface area contributed by atoms with Crippen LogP contribution in [0, 0.1) is 17.0 Å². The SMILES string of the molecule is COc1ccc(NC(=O)c2cc3cc([N+](=O)[O-])ccc3oc2=Nc2ccccc2C)cc1. The molecular formula is C24H19N3O5. The van der Waals surface area contributed by atoms with Crippen molar-refractivity contribution >= 4 is 33.9 Å². The Hall–Kier alpha value is -4.46. The number of hydrogen-bond acceptors (Lipinski definition) is 6. The Balaban J connectivity index is 1.85. The second-order valence-corrected chi connectivity index (χ2v) is 7.03. The smallest absolute Gasteiger partial charge is 0.270 e. The fourth-order valence-electron chi connectivity index (χ4n) is 3.15. The Morgan fingerprint density at radius 1 is 1.06 bits per heavy atom. The second kappa shape index (κ2) is 8.73. The number of carbonyl (C=O) groups excluding carboxylic acids is 1. The predicted molar refractivity (Wildman–Crippen MR) is 120 cm³/mol. The fourth-order valence-corrected chi connectivity index (χ4v) is 3.15. The summed E-state index contributed by atoms with van der Waals surface area (Å²) in [5.41, 5.74) is 2.64. The Morgan fingerprint density at radius 3 is 2.50 bits per heavy atom. The number of nitro groups is 1. The summed E-state index contributed by atoms with van der Waals surface area (Å²) in [5, 5.41) is 14.4. The molecule has 0 spiro atoms. The van der Waals surface area contributed by atoms with Gasteiger partial charge in [-0.15, -0.1) is 0 Å². The van der Waals surface area contributed by atoms with Crippen molar-refractivity contribution in [1.29, 1.82) is 0 Å². The molecular weight excluding hydrogens is 410 g/mol. The number of methoxy groups -OCH3 is 1. The van der Waals surface area contributed by atoms with Crippen LogP contribution in [0.5, 0.6) is 5.75 Å². The molecule has 0 aliphatic rings. The highest BCUT2D eigenvalue weighted by Crippen LogP contribution is 2.23. The Morgan fingerprint density at radius 2 is 1.81 bits per heavy atom. The number of carbonyl (C=O) groups is 1. The molecule has 8 heteroatoms. The highest BCUT2D eigenvalue weighted by molar-refractivity contribution is 6.05. The van der Waals surface area contributed by atoms with Crippen molar-refractivity contribution in [2.24, 2.45) is 4.99 Å². The van der Waals surface area contributed by atoms with Crippen LogP contribution in [0.15, 0.2) is 82.2 Å². The van der Waals surface area contributed by atoms with Gasteiger partial charge in [0.1, 0.15) is 16.9 Å². The number of ether oxygens (including phenoxy) is 1. The molecule has 0 fully saturated rings. The summed E-state index contributed by atoms with van der Waals surface area (Å²) in [6.07, 6.45) is 0. The average molecular weight is 429 g/mol. The molecule has 32 heavy (non-hydrogen) atoms. The lowest BCUT2D eigenvalue weighted by Crippen LogP contribution is -2.21. The van der Waals surface area contributed by atoms with Crippen molar-refractivity contribution < 1.29 is 18.9 Å². The van der Waals surface area contributed by atoms with Crippen LogP contribution in [0.1, 0.15) is 15.9 Å². The van der Waals surface area contributed by atoms with E-state index in [0.717, 1.165) is 5.56 Å². The van der Waals surface area contributed by atoms with Gasteiger partial charge in [-0.3, -0.25) is 14.9 Å². The molecule has 0 atom stereocenters. The van der Waals surface area contributed by atoms with Gasteiger partial charge in [0.25, 0.3) is 11.6 Å². The molecule has 3 aromatic carbocycles. The average Bonchev–Trinajstić information content (AvgIpc) is 2.80. The highest BCUT2D eigenvalue weighted by Gasteiger charge is 2.16. The zero-order valence-corrected chi connectivity index (χ0v) is 17.4. The zero-order chi connectivity index (χ0) is 22.7. The van der Waals surface area contributed by atoms with Gasteiger partial charge < -0.3 is 14.5 Å². The van der Waals surface area contributed by atoms with Gasteiger partial charge in [-0.1, -0.05) is 18.2 Å². The van der Waals surface area contributed by atoms with Gasteiger partial charge in [-0.2, -0.15) is 0 Å². The van der Waals surface area contributed by atoms with Gasteiger partial charge >= 0.3 is 0 Å². The van der Waals surface area contributed by atoms with Gasteiger partial charge in [0, 0.05) is 23.2 Å². The predicted octanol–water partition coefficient (Wildman–Crippen LogP) is 5.14. The third-order valence-corrected chi connectivity index (χ3v) is 4.87. The summed E-state index contributed by atoms with van der Waals surface area (Å²) in [5.74, 6) is 0.200. The summed E-state index contributed by atoms with van der Waals surface area (Å²) in [4.78, 5) is 28.4. The maximum absolute atomic E-state index is 13.1. The lowest BCUT2D eigenvalue weighted by molar-refractivity contribution is -0.384. The number of para-hydroxylation sites is 1. The number of rotatable bonds is 5. The molecule has 1 amide bonds. The molecule has 1 heterocycles. The lowest BCUT2D eigenvalue weighted by Gasteiger charge is -2.08. The molecule has 1 N–H and O–H groups in total. The number of nitrogens with zero attached hydrogens (tertiary/aromatic N) is 2. The van der Waals surface area contributed by atoms with Crippen LogP contribution in [0.25, 0.3) is 11.0 Å². The minimum absolute atomic E-state index is 0.0993. The summed E-state index contributed by atoms with van der Waals surface area (Å²) in [7, 11) is 1.56. The molecule has 0 saturated carbocycles. The van der Waals surface area contributed by atoms with Crippen LogP contribution >= 0.6 is 0 Å². The van der Waals surface area contributed by atoms with Crippen LogP contribution in [0.3, 0.4) is 0 Å². The monoisotopic (exact) mass is 429 g/mol. The summed E-state index contributed by atoms with van der Waals surface area (Å²) in [6, 6.07) is 20.1. The summed E-state index contributed by atoms with van der Waals surface area (Å²) >= 11 is 0. The zero-order valence-electron chi connectivity index (χ0n) is 17.4. The van der Waals surface area contributed by atoms with E-state index < -0.39 is 10.8 Å². The van der Waals surface area contributed by atoms with Gasteiger partial charge in [-0.05, 0) is 55.0 Å². The topological polar surface area (TPSA) is 107 Å². The molecule has 160 valence electrons. The maximum atomic E-state index is 13.1. The molecule has 0 saturated heterocycles. The molecule has 4 rings (SSSR count). The molecule has 0 radical (unpaired) electrons. The van der Waals surface area contributed by atoms with Crippen molar-refractivity contribution in [1.82, 2.24) is 0 Å². The van der Waals surface area contributed by atoms with E-state index in [2.05, 4.69) is 10.3 Å². The first-order valence-electron chi connectivity index (χ1n) is 9.72. The van der Waals surface area contributed by atoms with Crippen molar-refractivity contribution in [3.8, 4) is 5.75 Å². The first-order chi connectivity index (χ1) is 15.4. The molecule has 0 unspecified atom stereocenters. The van der Waals surface area contributed by atoms with Crippen molar-refractivity contribution in [3.63, 3.8) is 0 Å². The van der Waals surface area contributed by atoms with Crippen LogP contribution in [-0.2, 0) is 0 Å². The Kier molecular flexibility index (Phi) is 5.67. The number of amides is 1. The largest absolute Gasteiger partial charge is 0.497 e. The Labute approximate surface area is 183 Å². The number of hydrogen-bond donors (Lipinski definition) is 1. The highest BCUT2D eigenvalue weighted by atomic mass is 16.6. The number of non-ortho nitro benzene ring substituents is 1. The van der Waals surface area contributed by atoms with Crippen molar-refractivity contribution in [3.05, 3.63) is 99.6 Å². The number of benzene rings is 3. The van der Waals surface area contributed by atoms with Gasteiger partial charge in [0.15, 0.2) is 0 Å². The summed E-state index contributed by atoms with van der Waals surface area (Å²) < 4.78 is 11.0. The molecule has 0 aliphatic heterocycles. The van der Waals surface area contributed by atoms with E-state index in [9.17, 15) is 14.9 Å². The molecule has 0 aliphatic carbocycles. The van der Waals surface area contributed by atoms with E-state index in [4.69, 9.17) is 9.15 Å². The van der Waals surface area contributed by atoms with Crippen molar-refractivity contribution in [2.45, 2.75) is 6.92 Å². The van der Waals surface area contributed by atoms with E-state index in [1.54, 1.807) is 37.4 Å². The van der Waals surface area contributed by atoms with E-state index in [1.165, 1.54) is 18.2 Å². The van der Waals surface area contributed by atoms with Crippen LogP contribution in [-0.4, -0.2) is 17.9 Å². The van der Waals surface area contributed by atoms with E-state index in [-0.39, 0.29) is 16.8 Å². The Bertz CT molecular complexity index is 1390. The van der Waals surface area contributed by atoms with Crippen LogP contribution < -0.4 is 15.6 Å². The fraction of sp³-hybridized carbons (Fsp3) is 0.0833. The minimum Gasteiger partial charge on any atom is -0.497 e. The second-order valence-electron chi connectivity index (χ2n) is 7.03. The third-order valence-electron chi connectivity index (χ3n) is 4.87. The normalized spacial score (nSPS) is 11.4. The quantitative estimate of drug-likeness (QED) is 0.349. The maximum Gasteiger partial charge on any atom is 0.270 e. The third kappa shape index (κ3) is 4.34. The minimum atomic E-state index is -0.498. The van der Waals surface area contributed by atoms with Crippen LogP contribution in [0.4, 0.5) is 17.1 Å². The van der Waals surface area contributed by atoms with Crippen molar-refractivity contribution in [2.75, 3.05) is 12.4 Å². The summed E-state index contributed by atoms with van der Waals surface area (Å²) in [6.45, 7) is 1.90. The lowest BCUT2D eigenvalue weighted by atomic mass is 10.1. The molecule has 1 aromatic heterocycles. The van der Waals surface area contributed by atoms with Crippen LogP contribution in [0.2, 0.25) is 0 Å². The first-order valence-corrected chi connectivity index (χ1v) is 9.72. The van der Waals surface area contributed by atoms with Gasteiger partial charge in [-0.25, -0.2) is 4.99 Å². The van der Waals surface area contributed by atoms with E-state index >= 15 is 0 Å². The first kappa shape index (κ1) is 20.8. The number of nitro benzene ring substituents is 1. The number of fused-ring (bicyclic) bond motifs is 1. The standard InChI is InChI=1S/C24H19N3O5/c1-15-5-3-4-6-21(15)26-24-20(23(28)25-17-7-10-19(31-2)11-8-17)14-16-13-18(27(29)30)9-12-22(16)32-24/h3-14H,1-2H3,(H,25,28). The molecule has 0 bridgehead atoms. The number of aryl methyl sites for hydroxylation is 1. The number of nitrogens with one attached hydrogen (secondary N) is 1.